The Balaban J connectivity index is 1.42. The van der Waals surface area contributed by atoms with Crippen LogP contribution in [0.25, 0.3) is 27.9 Å². The Hall–Kier alpha value is -4.04. The van der Waals surface area contributed by atoms with Crippen molar-refractivity contribution < 1.29 is 9.90 Å². The molecule has 5 aromatic rings. The molecule has 1 aliphatic rings. The Kier molecular flexibility index (Phi) is 5.07. The summed E-state index contributed by atoms with van der Waals surface area (Å²) in [6.45, 7) is 0. The number of fused-ring (bicyclic) bond motifs is 2. The number of carbonyl (C=O) groups is 1. The van der Waals surface area contributed by atoms with E-state index >= 15 is 0 Å². The molecule has 4 heterocycles. The average molecular weight is 453 g/mol. The number of benzene rings is 1. The van der Waals surface area contributed by atoms with Crippen LogP contribution in [0.15, 0.2) is 78.3 Å². The number of hydrogen-bond acceptors (Lipinski definition) is 4. The molecule has 0 spiro atoms. The second-order valence-electron chi connectivity index (χ2n) is 8.72. The molecule has 0 radical (unpaired) electrons. The molecular weight excluding hydrogens is 428 g/mol. The van der Waals surface area contributed by atoms with E-state index in [2.05, 4.69) is 24.5 Å². The van der Waals surface area contributed by atoms with E-state index in [9.17, 15) is 9.90 Å². The number of aromatic nitrogens is 5. The SMILES string of the molecule is O=C(/N=c1\[nH]c2ccccc2n1[C@H]1CC[C@@H](O)CC1)c1ccnc(-c2cccn3ccnc23)c1. The summed E-state index contributed by atoms with van der Waals surface area (Å²) in [5, 5.41) is 9.97. The van der Waals surface area contributed by atoms with Gasteiger partial charge in [-0.05, 0) is 62.1 Å². The number of imidazole rings is 2. The van der Waals surface area contributed by atoms with Crippen molar-refractivity contribution in [2.45, 2.75) is 37.8 Å². The fraction of sp³-hybridized carbons (Fsp3) is 0.231. The Bertz CT molecular complexity index is 1570. The fourth-order valence-corrected chi connectivity index (χ4v) is 4.87. The third-order valence-corrected chi connectivity index (χ3v) is 6.58. The summed E-state index contributed by atoms with van der Waals surface area (Å²) in [4.78, 5) is 30.0. The quantitative estimate of drug-likeness (QED) is 0.434. The van der Waals surface area contributed by atoms with E-state index in [0.29, 0.717) is 16.9 Å². The maximum absolute atomic E-state index is 13.3. The zero-order valence-corrected chi connectivity index (χ0v) is 18.5. The Morgan fingerprint density at radius 3 is 2.74 bits per heavy atom. The van der Waals surface area contributed by atoms with Crippen molar-refractivity contribution in [3.63, 3.8) is 0 Å². The summed E-state index contributed by atoms with van der Waals surface area (Å²) in [6.07, 6.45) is 10.1. The first kappa shape index (κ1) is 20.6. The normalized spacial score (nSPS) is 19.1. The predicted octanol–water partition coefficient (Wildman–Crippen LogP) is 3.90. The topological polar surface area (TPSA) is 101 Å². The molecule has 1 saturated carbocycles. The summed E-state index contributed by atoms with van der Waals surface area (Å²) >= 11 is 0. The molecule has 0 unspecified atom stereocenters. The molecule has 1 amide bonds. The van der Waals surface area contributed by atoms with Crippen LogP contribution in [0.4, 0.5) is 0 Å². The van der Waals surface area contributed by atoms with E-state index in [1.807, 2.05) is 53.2 Å². The number of para-hydroxylation sites is 2. The minimum atomic E-state index is -0.338. The third kappa shape index (κ3) is 3.62. The highest BCUT2D eigenvalue weighted by molar-refractivity contribution is 5.96. The Morgan fingerprint density at radius 1 is 1.00 bits per heavy atom. The number of aromatic amines is 1. The van der Waals surface area contributed by atoms with Gasteiger partial charge in [0.05, 0.1) is 22.8 Å². The largest absolute Gasteiger partial charge is 0.393 e. The van der Waals surface area contributed by atoms with Crippen molar-refractivity contribution in [1.29, 1.82) is 0 Å². The van der Waals surface area contributed by atoms with E-state index in [4.69, 9.17) is 0 Å². The molecule has 0 bridgehead atoms. The van der Waals surface area contributed by atoms with Crippen LogP contribution in [0.3, 0.4) is 0 Å². The lowest BCUT2D eigenvalue weighted by Crippen LogP contribution is -2.29. The molecule has 34 heavy (non-hydrogen) atoms. The highest BCUT2D eigenvalue weighted by Crippen LogP contribution is 2.30. The molecule has 1 aromatic carbocycles. The first-order valence-corrected chi connectivity index (χ1v) is 11.5. The van der Waals surface area contributed by atoms with E-state index in [-0.39, 0.29) is 18.1 Å². The molecule has 0 aliphatic heterocycles. The molecule has 2 N–H and O–H groups in total. The van der Waals surface area contributed by atoms with Gasteiger partial charge >= 0.3 is 0 Å². The zero-order chi connectivity index (χ0) is 23.1. The van der Waals surface area contributed by atoms with E-state index in [1.165, 1.54) is 0 Å². The molecule has 8 nitrogen and oxygen atoms in total. The van der Waals surface area contributed by atoms with Crippen molar-refractivity contribution in [2.24, 2.45) is 4.99 Å². The van der Waals surface area contributed by atoms with Gasteiger partial charge in [-0.15, -0.1) is 0 Å². The van der Waals surface area contributed by atoms with Crippen molar-refractivity contribution in [1.82, 2.24) is 23.9 Å². The minimum Gasteiger partial charge on any atom is -0.393 e. The van der Waals surface area contributed by atoms with Gasteiger partial charge in [-0.25, -0.2) is 4.98 Å². The first-order valence-electron chi connectivity index (χ1n) is 11.5. The monoisotopic (exact) mass is 452 g/mol. The molecule has 0 atom stereocenters. The number of pyridine rings is 2. The number of nitrogens with one attached hydrogen (secondary N) is 1. The van der Waals surface area contributed by atoms with Gasteiger partial charge in [0.25, 0.3) is 5.91 Å². The van der Waals surface area contributed by atoms with Crippen LogP contribution in [-0.4, -0.2) is 41.0 Å². The second-order valence-corrected chi connectivity index (χ2v) is 8.72. The molecule has 170 valence electrons. The lowest BCUT2D eigenvalue weighted by atomic mass is 9.93. The van der Waals surface area contributed by atoms with Crippen LogP contribution in [0.2, 0.25) is 0 Å². The smallest absolute Gasteiger partial charge is 0.280 e. The van der Waals surface area contributed by atoms with Crippen LogP contribution in [0.1, 0.15) is 42.1 Å². The highest BCUT2D eigenvalue weighted by atomic mass is 16.3. The number of nitrogens with zero attached hydrogens (tertiary/aromatic N) is 5. The molecule has 0 saturated heterocycles. The van der Waals surface area contributed by atoms with Crippen LogP contribution >= 0.6 is 0 Å². The van der Waals surface area contributed by atoms with Crippen molar-refractivity contribution >= 4 is 22.6 Å². The van der Waals surface area contributed by atoms with Gasteiger partial charge in [0, 0.05) is 42.0 Å². The Labute approximate surface area is 195 Å². The number of aliphatic hydroxyl groups is 1. The van der Waals surface area contributed by atoms with Crippen LogP contribution in [0, 0.1) is 0 Å². The van der Waals surface area contributed by atoms with E-state index in [0.717, 1.165) is 47.9 Å². The van der Waals surface area contributed by atoms with Gasteiger partial charge in [0.1, 0.15) is 5.65 Å². The van der Waals surface area contributed by atoms with Gasteiger partial charge < -0.3 is 19.1 Å². The number of amides is 1. The molecule has 6 rings (SSSR count). The lowest BCUT2D eigenvalue weighted by molar-refractivity contribution is 0.0990. The van der Waals surface area contributed by atoms with Gasteiger partial charge in [0.15, 0.2) is 0 Å². The maximum atomic E-state index is 13.3. The third-order valence-electron chi connectivity index (χ3n) is 6.58. The van der Waals surface area contributed by atoms with Crippen molar-refractivity contribution in [3.8, 4) is 11.3 Å². The van der Waals surface area contributed by atoms with Crippen LogP contribution in [0.5, 0.6) is 0 Å². The lowest BCUT2D eigenvalue weighted by Gasteiger charge is -2.27. The predicted molar refractivity (Wildman–Crippen MR) is 128 cm³/mol. The van der Waals surface area contributed by atoms with Crippen molar-refractivity contribution in [2.75, 3.05) is 0 Å². The van der Waals surface area contributed by atoms with Crippen LogP contribution in [-0.2, 0) is 0 Å². The standard InChI is InChI=1S/C26H24N6O2/c33-19-9-7-18(8-10-19)32-23-6-2-1-5-21(23)29-26(32)30-25(34)17-11-12-27-22(16-17)20-4-3-14-31-15-13-28-24(20)31/h1-6,11-16,18-19,33H,7-10H2,(H,29,30,34)/t18-,19+. The first-order chi connectivity index (χ1) is 16.7. The summed E-state index contributed by atoms with van der Waals surface area (Å²) < 4.78 is 4.04. The number of rotatable bonds is 3. The maximum Gasteiger partial charge on any atom is 0.280 e. The molecule has 8 heteroatoms. The van der Waals surface area contributed by atoms with Gasteiger partial charge in [-0.2, -0.15) is 4.99 Å². The number of hydrogen-bond donors (Lipinski definition) is 2. The van der Waals surface area contributed by atoms with Gasteiger partial charge in [-0.3, -0.25) is 9.78 Å². The summed E-state index contributed by atoms with van der Waals surface area (Å²) in [5.41, 5.74) is 5.24. The van der Waals surface area contributed by atoms with E-state index in [1.54, 1.807) is 24.5 Å². The molecule has 1 fully saturated rings. The summed E-state index contributed by atoms with van der Waals surface area (Å²) in [7, 11) is 0. The Morgan fingerprint density at radius 2 is 1.85 bits per heavy atom. The number of carbonyl (C=O) groups excluding carboxylic acids is 1. The second kappa shape index (κ2) is 8.39. The summed E-state index contributed by atoms with van der Waals surface area (Å²) in [6, 6.07) is 15.5. The minimum absolute atomic E-state index is 0.178. The van der Waals surface area contributed by atoms with Crippen LogP contribution < -0.4 is 5.62 Å². The average Bonchev–Trinajstić information content (AvgIpc) is 3.49. The van der Waals surface area contributed by atoms with Gasteiger partial charge in [-0.1, -0.05) is 12.1 Å². The number of H-pyrrole nitrogens is 1. The molecule has 1 aliphatic carbocycles. The van der Waals surface area contributed by atoms with Crippen molar-refractivity contribution in [3.05, 3.63) is 84.5 Å². The van der Waals surface area contributed by atoms with Gasteiger partial charge in [0.2, 0.25) is 5.62 Å². The summed E-state index contributed by atoms with van der Waals surface area (Å²) in [5.74, 6) is -0.338. The highest BCUT2D eigenvalue weighted by Gasteiger charge is 2.23. The van der Waals surface area contributed by atoms with E-state index < -0.39 is 0 Å². The molecular formula is C26H24N6O2. The zero-order valence-electron chi connectivity index (χ0n) is 18.5. The molecule has 4 aromatic heterocycles. The number of aliphatic hydroxyl groups excluding tert-OH is 1. The fourth-order valence-electron chi connectivity index (χ4n) is 4.87.